The molecule has 0 saturated heterocycles. The summed E-state index contributed by atoms with van der Waals surface area (Å²) in [5.41, 5.74) is 2.55. The molecule has 1 aromatic heterocycles. The maximum Gasteiger partial charge on any atom is 0.251 e. The van der Waals surface area contributed by atoms with Gasteiger partial charge in [0.25, 0.3) is 5.91 Å². The SMILES string of the molecule is O=C(NCc1ccc(Cl)cc1)c1ccnc(NCc2ccc3c(c2)OCO3)c1. The lowest BCUT2D eigenvalue weighted by Gasteiger charge is -2.09. The highest BCUT2D eigenvalue weighted by atomic mass is 35.5. The summed E-state index contributed by atoms with van der Waals surface area (Å²) in [6, 6.07) is 16.5. The molecule has 6 nitrogen and oxygen atoms in total. The number of carbonyl (C=O) groups is 1. The van der Waals surface area contributed by atoms with E-state index in [0.717, 1.165) is 22.6 Å². The number of nitrogens with one attached hydrogen (secondary N) is 2. The van der Waals surface area contributed by atoms with Gasteiger partial charge in [0.05, 0.1) is 0 Å². The second-order valence-corrected chi connectivity index (χ2v) is 6.72. The van der Waals surface area contributed by atoms with E-state index >= 15 is 0 Å². The number of rotatable bonds is 6. The van der Waals surface area contributed by atoms with Gasteiger partial charge in [0.1, 0.15) is 5.82 Å². The minimum atomic E-state index is -0.163. The fourth-order valence-corrected chi connectivity index (χ4v) is 2.92. The van der Waals surface area contributed by atoms with Gasteiger partial charge < -0.3 is 20.1 Å². The van der Waals surface area contributed by atoms with Crippen molar-refractivity contribution < 1.29 is 14.3 Å². The zero-order valence-electron chi connectivity index (χ0n) is 14.9. The Morgan fingerprint density at radius 2 is 1.75 bits per heavy atom. The predicted molar refractivity (Wildman–Crippen MR) is 107 cm³/mol. The summed E-state index contributed by atoms with van der Waals surface area (Å²) in [4.78, 5) is 16.7. The number of hydrogen-bond donors (Lipinski definition) is 2. The molecule has 2 N–H and O–H groups in total. The van der Waals surface area contributed by atoms with E-state index < -0.39 is 0 Å². The van der Waals surface area contributed by atoms with Crippen LogP contribution in [0.3, 0.4) is 0 Å². The molecule has 0 radical (unpaired) electrons. The molecular formula is C21H18ClN3O3. The second kappa shape index (κ2) is 8.19. The van der Waals surface area contributed by atoms with E-state index in [9.17, 15) is 4.79 Å². The Morgan fingerprint density at radius 3 is 2.61 bits per heavy atom. The molecule has 28 heavy (non-hydrogen) atoms. The van der Waals surface area contributed by atoms with Crippen LogP contribution in [0.2, 0.25) is 5.02 Å². The van der Waals surface area contributed by atoms with E-state index in [2.05, 4.69) is 15.6 Å². The highest BCUT2D eigenvalue weighted by molar-refractivity contribution is 6.30. The summed E-state index contributed by atoms with van der Waals surface area (Å²) >= 11 is 5.87. The largest absolute Gasteiger partial charge is 0.454 e. The third-order valence-corrected chi connectivity index (χ3v) is 4.55. The van der Waals surface area contributed by atoms with E-state index in [1.54, 1.807) is 30.5 Å². The Labute approximate surface area is 167 Å². The van der Waals surface area contributed by atoms with Crippen molar-refractivity contribution in [3.63, 3.8) is 0 Å². The molecule has 0 fully saturated rings. The van der Waals surface area contributed by atoms with Gasteiger partial charge in [0.15, 0.2) is 11.5 Å². The van der Waals surface area contributed by atoms with Gasteiger partial charge in [-0.25, -0.2) is 4.98 Å². The van der Waals surface area contributed by atoms with Crippen LogP contribution in [0.4, 0.5) is 5.82 Å². The van der Waals surface area contributed by atoms with Crippen molar-refractivity contribution in [1.82, 2.24) is 10.3 Å². The molecule has 3 aromatic rings. The second-order valence-electron chi connectivity index (χ2n) is 6.28. The number of ether oxygens (including phenoxy) is 2. The van der Waals surface area contributed by atoms with Gasteiger partial charge in [-0.2, -0.15) is 0 Å². The Morgan fingerprint density at radius 1 is 0.964 bits per heavy atom. The van der Waals surface area contributed by atoms with Gasteiger partial charge in [0, 0.05) is 29.9 Å². The predicted octanol–water partition coefficient (Wildman–Crippen LogP) is 4.01. The van der Waals surface area contributed by atoms with E-state index in [4.69, 9.17) is 21.1 Å². The van der Waals surface area contributed by atoms with Crippen LogP contribution in [-0.2, 0) is 13.1 Å². The molecule has 1 amide bonds. The lowest BCUT2D eigenvalue weighted by molar-refractivity contribution is 0.0951. The summed E-state index contributed by atoms with van der Waals surface area (Å²) in [5, 5.41) is 6.79. The van der Waals surface area contributed by atoms with Crippen molar-refractivity contribution in [2.75, 3.05) is 12.1 Å². The maximum atomic E-state index is 12.4. The number of carbonyl (C=O) groups excluding carboxylic acids is 1. The van der Waals surface area contributed by atoms with E-state index in [1.807, 2.05) is 30.3 Å². The number of benzene rings is 2. The fourth-order valence-electron chi connectivity index (χ4n) is 2.80. The molecular weight excluding hydrogens is 378 g/mol. The maximum absolute atomic E-state index is 12.4. The number of hydrogen-bond acceptors (Lipinski definition) is 5. The summed E-state index contributed by atoms with van der Waals surface area (Å²) in [6.45, 7) is 1.23. The molecule has 1 aliphatic heterocycles. The molecule has 4 rings (SSSR count). The van der Waals surface area contributed by atoms with E-state index in [1.165, 1.54) is 0 Å². The summed E-state index contributed by atoms with van der Waals surface area (Å²) < 4.78 is 10.7. The van der Waals surface area contributed by atoms with Gasteiger partial charge in [-0.05, 0) is 47.5 Å². The van der Waals surface area contributed by atoms with Crippen LogP contribution in [-0.4, -0.2) is 17.7 Å². The first kappa shape index (κ1) is 18.1. The number of fused-ring (bicyclic) bond motifs is 1. The van der Waals surface area contributed by atoms with Crippen LogP contribution in [0, 0.1) is 0 Å². The molecule has 0 aliphatic carbocycles. The van der Waals surface area contributed by atoms with Crippen LogP contribution < -0.4 is 20.1 Å². The number of amides is 1. The highest BCUT2D eigenvalue weighted by Crippen LogP contribution is 2.32. The zero-order chi connectivity index (χ0) is 19.3. The third-order valence-electron chi connectivity index (χ3n) is 4.30. The van der Waals surface area contributed by atoms with Gasteiger partial charge >= 0.3 is 0 Å². The summed E-state index contributed by atoms with van der Waals surface area (Å²) in [7, 11) is 0. The molecule has 1 aliphatic rings. The molecule has 2 heterocycles. The molecule has 0 spiro atoms. The van der Waals surface area contributed by atoms with Gasteiger partial charge in [-0.3, -0.25) is 4.79 Å². The van der Waals surface area contributed by atoms with Crippen LogP contribution in [0.15, 0.2) is 60.8 Å². The van der Waals surface area contributed by atoms with Crippen molar-refractivity contribution in [1.29, 1.82) is 0 Å². The minimum Gasteiger partial charge on any atom is -0.454 e. The van der Waals surface area contributed by atoms with Crippen molar-refractivity contribution in [3.05, 3.63) is 82.5 Å². The lowest BCUT2D eigenvalue weighted by atomic mass is 10.2. The Bertz CT molecular complexity index is 992. The molecule has 0 unspecified atom stereocenters. The fraction of sp³-hybridized carbons (Fsp3) is 0.143. The third kappa shape index (κ3) is 4.35. The molecule has 2 aromatic carbocycles. The Hall–Kier alpha value is -3.25. The number of nitrogens with zero attached hydrogens (tertiary/aromatic N) is 1. The van der Waals surface area contributed by atoms with Crippen LogP contribution in [0.1, 0.15) is 21.5 Å². The van der Waals surface area contributed by atoms with Gasteiger partial charge in [-0.15, -0.1) is 0 Å². The number of halogens is 1. The lowest BCUT2D eigenvalue weighted by Crippen LogP contribution is -2.23. The first-order valence-electron chi connectivity index (χ1n) is 8.78. The van der Waals surface area contributed by atoms with Crippen LogP contribution in [0.5, 0.6) is 11.5 Å². The molecule has 0 saturated carbocycles. The van der Waals surface area contributed by atoms with Crippen molar-refractivity contribution >= 4 is 23.3 Å². The van der Waals surface area contributed by atoms with Crippen LogP contribution in [0.25, 0.3) is 0 Å². The molecule has 0 bridgehead atoms. The normalized spacial score (nSPS) is 11.9. The first-order valence-corrected chi connectivity index (χ1v) is 9.16. The quantitative estimate of drug-likeness (QED) is 0.659. The Kier molecular flexibility index (Phi) is 5.30. The molecule has 7 heteroatoms. The molecule has 142 valence electrons. The van der Waals surface area contributed by atoms with Crippen molar-refractivity contribution in [2.24, 2.45) is 0 Å². The van der Waals surface area contributed by atoms with Crippen molar-refractivity contribution in [2.45, 2.75) is 13.1 Å². The van der Waals surface area contributed by atoms with E-state index in [0.29, 0.717) is 29.5 Å². The topological polar surface area (TPSA) is 72.5 Å². The Balaban J connectivity index is 1.35. The summed E-state index contributed by atoms with van der Waals surface area (Å²) in [5.74, 6) is 1.95. The standard InChI is InChI=1S/C21H18ClN3O3/c22-17-4-1-14(2-5-17)11-25-21(26)16-7-8-23-20(10-16)24-12-15-3-6-18-19(9-15)28-13-27-18/h1-10H,11-13H2,(H,23,24)(H,25,26). The smallest absolute Gasteiger partial charge is 0.251 e. The highest BCUT2D eigenvalue weighted by Gasteiger charge is 2.13. The van der Waals surface area contributed by atoms with Crippen molar-refractivity contribution in [3.8, 4) is 11.5 Å². The zero-order valence-corrected chi connectivity index (χ0v) is 15.7. The number of pyridine rings is 1. The van der Waals surface area contributed by atoms with E-state index in [-0.39, 0.29) is 12.7 Å². The molecule has 0 atom stereocenters. The monoisotopic (exact) mass is 395 g/mol. The van der Waals surface area contributed by atoms with Gasteiger partial charge in [-0.1, -0.05) is 29.8 Å². The van der Waals surface area contributed by atoms with Gasteiger partial charge in [0.2, 0.25) is 6.79 Å². The number of aromatic nitrogens is 1. The first-order chi connectivity index (χ1) is 13.7. The number of anilines is 1. The minimum absolute atomic E-state index is 0.163. The average Bonchev–Trinajstić information content (AvgIpc) is 3.20. The summed E-state index contributed by atoms with van der Waals surface area (Å²) in [6.07, 6.45) is 1.61. The average molecular weight is 396 g/mol. The van der Waals surface area contributed by atoms with Crippen LogP contribution >= 0.6 is 11.6 Å².